The zero-order chi connectivity index (χ0) is 21.3. The van der Waals surface area contributed by atoms with Gasteiger partial charge in [0.2, 0.25) is 5.91 Å². The molecule has 0 spiro atoms. The van der Waals surface area contributed by atoms with Gasteiger partial charge in [0, 0.05) is 18.8 Å². The first-order valence-corrected chi connectivity index (χ1v) is 10.2. The number of carboxylic acid groups (broad SMARTS) is 1. The monoisotopic (exact) mass is 410 g/mol. The van der Waals surface area contributed by atoms with Crippen molar-refractivity contribution < 1.29 is 19.5 Å². The number of nitrogens with zero attached hydrogens (tertiary/aromatic N) is 2. The lowest BCUT2D eigenvalue weighted by Crippen LogP contribution is -2.55. The van der Waals surface area contributed by atoms with Crippen LogP contribution in [0.1, 0.15) is 48.2 Å². The van der Waals surface area contributed by atoms with Gasteiger partial charge in [-0.2, -0.15) is 0 Å². The summed E-state index contributed by atoms with van der Waals surface area (Å²) in [5.74, 6) is -2.15. The van der Waals surface area contributed by atoms with Gasteiger partial charge >= 0.3 is 5.97 Å². The van der Waals surface area contributed by atoms with E-state index in [1.807, 2.05) is 30.3 Å². The van der Waals surface area contributed by atoms with Crippen molar-refractivity contribution in [3.63, 3.8) is 0 Å². The molecule has 1 aromatic carbocycles. The molecular formula is C22H26N4O4. The smallest absolute Gasteiger partial charge is 0.326 e. The normalized spacial score (nSPS) is 16.3. The minimum Gasteiger partial charge on any atom is -0.480 e. The lowest BCUT2D eigenvalue weighted by molar-refractivity contribution is -0.142. The van der Waals surface area contributed by atoms with E-state index in [4.69, 9.17) is 0 Å². The molecule has 1 aliphatic carbocycles. The molecular weight excluding hydrogens is 384 g/mol. The number of carbonyl (C=O) groups excluding carboxylic acids is 2. The third-order valence-corrected chi connectivity index (χ3v) is 5.38. The van der Waals surface area contributed by atoms with E-state index in [9.17, 15) is 19.5 Å². The van der Waals surface area contributed by atoms with Gasteiger partial charge in [0.05, 0.1) is 6.20 Å². The first-order chi connectivity index (χ1) is 14.5. The van der Waals surface area contributed by atoms with E-state index in [-0.39, 0.29) is 18.0 Å². The maximum atomic E-state index is 13.1. The first kappa shape index (κ1) is 21.4. The molecule has 30 heavy (non-hydrogen) atoms. The summed E-state index contributed by atoms with van der Waals surface area (Å²) in [4.78, 5) is 45.3. The maximum Gasteiger partial charge on any atom is 0.326 e. The third kappa shape index (κ3) is 5.85. The Morgan fingerprint density at radius 3 is 2.40 bits per heavy atom. The number of nitrogens with one attached hydrogen (secondary N) is 2. The number of aromatic nitrogens is 2. The van der Waals surface area contributed by atoms with Crippen molar-refractivity contribution in [1.82, 2.24) is 20.6 Å². The van der Waals surface area contributed by atoms with Gasteiger partial charge < -0.3 is 15.7 Å². The van der Waals surface area contributed by atoms with E-state index in [1.165, 1.54) is 18.6 Å². The molecule has 1 heterocycles. The van der Waals surface area contributed by atoms with Crippen LogP contribution in [0.3, 0.4) is 0 Å². The highest BCUT2D eigenvalue weighted by molar-refractivity contribution is 5.96. The summed E-state index contributed by atoms with van der Waals surface area (Å²) in [6.45, 7) is 0. The lowest BCUT2D eigenvalue weighted by Gasteiger charge is -2.30. The highest BCUT2D eigenvalue weighted by atomic mass is 16.4. The van der Waals surface area contributed by atoms with Crippen LogP contribution in [0, 0.1) is 5.92 Å². The fourth-order valence-corrected chi connectivity index (χ4v) is 3.81. The average molecular weight is 410 g/mol. The van der Waals surface area contributed by atoms with Crippen LogP contribution in [-0.2, 0) is 16.0 Å². The van der Waals surface area contributed by atoms with Crippen molar-refractivity contribution in [2.24, 2.45) is 5.92 Å². The molecule has 0 saturated heterocycles. The largest absolute Gasteiger partial charge is 0.480 e. The van der Waals surface area contributed by atoms with Gasteiger partial charge in [-0.3, -0.25) is 14.6 Å². The Bertz CT molecular complexity index is 854. The molecule has 2 aromatic rings. The van der Waals surface area contributed by atoms with E-state index in [0.717, 1.165) is 37.7 Å². The molecule has 2 amide bonds. The van der Waals surface area contributed by atoms with Gasteiger partial charge in [-0.15, -0.1) is 0 Å². The molecule has 1 fully saturated rings. The third-order valence-electron chi connectivity index (χ3n) is 5.38. The Kier molecular flexibility index (Phi) is 7.48. The number of rotatable bonds is 8. The highest BCUT2D eigenvalue weighted by Gasteiger charge is 2.33. The Morgan fingerprint density at radius 1 is 1.03 bits per heavy atom. The van der Waals surface area contributed by atoms with E-state index in [2.05, 4.69) is 20.6 Å². The zero-order valence-corrected chi connectivity index (χ0v) is 16.7. The predicted molar refractivity (Wildman–Crippen MR) is 110 cm³/mol. The number of carbonyl (C=O) groups is 3. The van der Waals surface area contributed by atoms with Gasteiger partial charge in [-0.25, -0.2) is 9.78 Å². The SMILES string of the molecule is O=C(NC(C(=O)NC(Cc1ccccc1)C(=O)O)C1CCCCC1)c1cnccn1. The molecule has 2 atom stereocenters. The second kappa shape index (κ2) is 10.5. The minimum absolute atomic E-state index is 0.0504. The second-order valence-electron chi connectivity index (χ2n) is 7.53. The van der Waals surface area contributed by atoms with Gasteiger partial charge in [0.15, 0.2) is 0 Å². The summed E-state index contributed by atoms with van der Waals surface area (Å²) >= 11 is 0. The molecule has 2 unspecified atom stereocenters. The fourth-order valence-electron chi connectivity index (χ4n) is 3.81. The van der Waals surface area contributed by atoms with Gasteiger partial charge in [-0.05, 0) is 24.3 Å². The van der Waals surface area contributed by atoms with Crippen molar-refractivity contribution >= 4 is 17.8 Å². The molecule has 8 nitrogen and oxygen atoms in total. The topological polar surface area (TPSA) is 121 Å². The van der Waals surface area contributed by atoms with E-state index < -0.39 is 29.9 Å². The first-order valence-electron chi connectivity index (χ1n) is 10.2. The molecule has 0 aliphatic heterocycles. The molecule has 0 bridgehead atoms. The van der Waals surface area contributed by atoms with Crippen LogP contribution in [0.5, 0.6) is 0 Å². The number of hydrogen-bond acceptors (Lipinski definition) is 5. The highest BCUT2D eigenvalue weighted by Crippen LogP contribution is 2.27. The standard InChI is InChI=1S/C22H26N4O4/c27-20(18-14-23-11-12-24-18)26-19(16-9-5-2-6-10-16)21(28)25-17(22(29)30)13-15-7-3-1-4-8-15/h1,3-4,7-8,11-12,14,16-17,19H,2,5-6,9-10,13H2,(H,25,28)(H,26,27)(H,29,30). The molecule has 8 heteroatoms. The van der Waals surface area contributed by atoms with Crippen molar-refractivity contribution in [2.45, 2.75) is 50.6 Å². The second-order valence-corrected chi connectivity index (χ2v) is 7.53. The minimum atomic E-state index is -1.12. The number of hydrogen-bond donors (Lipinski definition) is 3. The molecule has 1 saturated carbocycles. The molecule has 158 valence electrons. The summed E-state index contributed by atoms with van der Waals surface area (Å²) < 4.78 is 0. The summed E-state index contributed by atoms with van der Waals surface area (Å²) in [5, 5.41) is 15.0. The van der Waals surface area contributed by atoms with Gasteiger partial charge in [0.25, 0.3) is 5.91 Å². The quantitative estimate of drug-likeness (QED) is 0.612. The van der Waals surface area contributed by atoms with Gasteiger partial charge in [0.1, 0.15) is 17.8 Å². The van der Waals surface area contributed by atoms with Crippen LogP contribution >= 0.6 is 0 Å². The summed E-state index contributed by atoms with van der Waals surface area (Å²) in [6.07, 6.45) is 9.01. The lowest BCUT2D eigenvalue weighted by atomic mass is 9.83. The predicted octanol–water partition coefficient (Wildman–Crippen LogP) is 1.97. The Balaban J connectivity index is 1.74. The maximum absolute atomic E-state index is 13.1. The summed E-state index contributed by atoms with van der Waals surface area (Å²) in [5.41, 5.74) is 0.924. The van der Waals surface area contributed by atoms with Crippen molar-refractivity contribution in [3.05, 3.63) is 60.2 Å². The Hall–Kier alpha value is -3.29. The van der Waals surface area contributed by atoms with Gasteiger partial charge in [-0.1, -0.05) is 49.6 Å². The average Bonchev–Trinajstić information content (AvgIpc) is 2.78. The molecule has 1 aromatic heterocycles. The van der Waals surface area contributed by atoms with Crippen molar-refractivity contribution in [2.75, 3.05) is 0 Å². The van der Waals surface area contributed by atoms with E-state index >= 15 is 0 Å². The molecule has 0 radical (unpaired) electrons. The molecule has 1 aliphatic rings. The van der Waals surface area contributed by atoms with Crippen molar-refractivity contribution in [3.8, 4) is 0 Å². The van der Waals surface area contributed by atoms with Crippen LogP contribution in [0.25, 0.3) is 0 Å². The summed E-state index contributed by atoms with van der Waals surface area (Å²) in [7, 11) is 0. The van der Waals surface area contributed by atoms with E-state index in [1.54, 1.807) is 0 Å². The Morgan fingerprint density at radius 2 is 1.77 bits per heavy atom. The number of amides is 2. The fraction of sp³-hybridized carbons (Fsp3) is 0.409. The summed E-state index contributed by atoms with van der Waals surface area (Å²) in [6, 6.07) is 7.22. The van der Waals surface area contributed by atoms with Crippen LogP contribution in [-0.4, -0.2) is 44.9 Å². The van der Waals surface area contributed by atoms with Crippen LogP contribution in [0.15, 0.2) is 48.9 Å². The van der Waals surface area contributed by atoms with E-state index in [0.29, 0.717) is 0 Å². The zero-order valence-electron chi connectivity index (χ0n) is 16.7. The number of benzene rings is 1. The number of aliphatic carboxylic acids is 1. The molecule has 3 rings (SSSR count). The Labute approximate surface area is 175 Å². The van der Waals surface area contributed by atoms with Crippen LogP contribution in [0.2, 0.25) is 0 Å². The molecule has 3 N–H and O–H groups in total. The van der Waals surface area contributed by atoms with Crippen molar-refractivity contribution in [1.29, 1.82) is 0 Å². The van der Waals surface area contributed by atoms with Crippen LogP contribution < -0.4 is 10.6 Å². The van der Waals surface area contributed by atoms with Crippen LogP contribution in [0.4, 0.5) is 0 Å². The number of carboxylic acids is 1.